The lowest BCUT2D eigenvalue weighted by atomic mass is 10.3. The summed E-state index contributed by atoms with van der Waals surface area (Å²) in [5.41, 5.74) is 1.68. The van der Waals surface area contributed by atoms with E-state index in [9.17, 15) is 4.79 Å². The fourth-order valence-corrected chi connectivity index (χ4v) is 1.58. The van der Waals surface area contributed by atoms with Gasteiger partial charge in [-0.05, 0) is 32.0 Å². The van der Waals surface area contributed by atoms with E-state index < -0.39 is 5.97 Å². The monoisotopic (exact) mass is 220 g/mol. The average Bonchev–Trinajstić information content (AvgIpc) is 2.82. The van der Waals surface area contributed by atoms with E-state index in [1.54, 1.807) is 10.7 Å². The highest BCUT2D eigenvalue weighted by Gasteiger charge is 2.14. The van der Waals surface area contributed by atoms with Gasteiger partial charge in [0.2, 0.25) is 5.76 Å². The molecule has 0 saturated carbocycles. The maximum atomic E-state index is 10.7. The van der Waals surface area contributed by atoms with Crippen LogP contribution in [0.25, 0.3) is 11.5 Å². The van der Waals surface area contributed by atoms with Gasteiger partial charge in [-0.15, -0.1) is 0 Å². The largest absolute Gasteiger partial charge is 0.475 e. The van der Waals surface area contributed by atoms with Gasteiger partial charge in [0.25, 0.3) is 0 Å². The summed E-state index contributed by atoms with van der Waals surface area (Å²) in [6.45, 7) is 4.57. The summed E-state index contributed by atoms with van der Waals surface area (Å²) in [5.74, 6) is -0.595. The summed E-state index contributed by atoms with van der Waals surface area (Å²) in [6.07, 6.45) is 0. The molecule has 5 heteroatoms. The molecule has 5 nitrogen and oxygen atoms in total. The van der Waals surface area contributed by atoms with Gasteiger partial charge in [0.15, 0.2) is 5.76 Å². The van der Waals surface area contributed by atoms with Gasteiger partial charge in [-0.25, -0.2) is 4.79 Å². The second-order valence-electron chi connectivity index (χ2n) is 3.46. The summed E-state index contributed by atoms with van der Waals surface area (Å²) < 4.78 is 7.00. The van der Waals surface area contributed by atoms with E-state index >= 15 is 0 Å². The minimum Gasteiger partial charge on any atom is -0.475 e. The summed E-state index contributed by atoms with van der Waals surface area (Å²) in [4.78, 5) is 10.7. The molecule has 0 bridgehead atoms. The van der Waals surface area contributed by atoms with Crippen LogP contribution in [0.15, 0.2) is 22.6 Å². The first-order chi connectivity index (χ1) is 7.61. The maximum absolute atomic E-state index is 10.7. The molecule has 0 atom stereocenters. The predicted molar refractivity (Wildman–Crippen MR) is 57.3 cm³/mol. The zero-order valence-electron chi connectivity index (χ0n) is 9.10. The number of carboxylic acid groups (broad SMARTS) is 1. The van der Waals surface area contributed by atoms with E-state index in [1.807, 2.05) is 19.9 Å². The summed E-state index contributed by atoms with van der Waals surface area (Å²) in [7, 11) is 0. The van der Waals surface area contributed by atoms with E-state index in [0.717, 1.165) is 11.4 Å². The van der Waals surface area contributed by atoms with Crippen molar-refractivity contribution in [2.75, 3.05) is 0 Å². The highest BCUT2D eigenvalue weighted by molar-refractivity contribution is 5.85. The Balaban J connectivity index is 2.45. The summed E-state index contributed by atoms with van der Waals surface area (Å²) in [6, 6.07) is 4.96. The normalized spacial score (nSPS) is 10.6. The molecule has 0 amide bonds. The second-order valence-corrected chi connectivity index (χ2v) is 3.46. The van der Waals surface area contributed by atoms with E-state index in [1.165, 1.54) is 6.07 Å². The van der Waals surface area contributed by atoms with Gasteiger partial charge in [0, 0.05) is 6.54 Å². The van der Waals surface area contributed by atoms with Crippen LogP contribution in [0.2, 0.25) is 0 Å². The number of furan rings is 1. The van der Waals surface area contributed by atoms with E-state index in [4.69, 9.17) is 9.52 Å². The first-order valence-electron chi connectivity index (χ1n) is 4.99. The van der Waals surface area contributed by atoms with Crippen molar-refractivity contribution in [2.45, 2.75) is 20.4 Å². The third kappa shape index (κ3) is 1.71. The molecular formula is C11H12N2O3. The molecule has 16 heavy (non-hydrogen) atoms. The number of carbonyl (C=O) groups is 1. The first kappa shape index (κ1) is 10.5. The number of aromatic carboxylic acids is 1. The number of carboxylic acids is 1. The van der Waals surface area contributed by atoms with Crippen LogP contribution in [0, 0.1) is 6.92 Å². The second kappa shape index (κ2) is 3.84. The Hall–Kier alpha value is -2.04. The molecule has 0 saturated heterocycles. The van der Waals surface area contributed by atoms with Crippen LogP contribution in [0.1, 0.15) is 23.2 Å². The molecule has 0 aliphatic heterocycles. The van der Waals surface area contributed by atoms with Crippen LogP contribution < -0.4 is 0 Å². The van der Waals surface area contributed by atoms with E-state index in [2.05, 4.69) is 5.10 Å². The van der Waals surface area contributed by atoms with Crippen LogP contribution in [-0.2, 0) is 6.54 Å². The number of aryl methyl sites for hydroxylation is 2. The lowest BCUT2D eigenvalue weighted by molar-refractivity contribution is 0.0663. The Morgan fingerprint density at radius 1 is 1.56 bits per heavy atom. The van der Waals surface area contributed by atoms with Crippen molar-refractivity contribution in [1.82, 2.24) is 9.78 Å². The van der Waals surface area contributed by atoms with Crippen molar-refractivity contribution >= 4 is 5.97 Å². The molecule has 1 N–H and O–H groups in total. The Kier molecular flexibility index (Phi) is 2.52. The van der Waals surface area contributed by atoms with Crippen molar-refractivity contribution in [3.05, 3.63) is 29.7 Å². The van der Waals surface area contributed by atoms with Gasteiger partial charge in [-0.2, -0.15) is 5.10 Å². The molecule has 2 rings (SSSR count). The zero-order valence-corrected chi connectivity index (χ0v) is 9.10. The molecular weight excluding hydrogens is 208 g/mol. The van der Waals surface area contributed by atoms with Gasteiger partial charge in [-0.1, -0.05) is 0 Å². The molecule has 0 aliphatic rings. The van der Waals surface area contributed by atoms with Crippen molar-refractivity contribution in [3.63, 3.8) is 0 Å². The molecule has 84 valence electrons. The van der Waals surface area contributed by atoms with Crippen molar-refractivity contribution in [3.8, 4) is 11.5 Å². The van der Waals surface area contributed by atoms with Crippen molar-refractivity contribution in [2.24, 2.45) is 0 Å². The Morgan fingerprint density at radius 2 is 2.31 bits per heavy atom. The van der Waals surface area contributed by atoms with Crippen LogP contribution in [-0.4, -0.2) is 20.9 Å². The molecule has 2 aromatic rings. The summed E-state index contributed by atoms with van der Waals surface area (Å²) in [5, 5.41) is 13.0. The van der Waals surface area contributed by atoms with E-state index in [-0.39, 0.29) is 5.76 Å². The lowest BCUT2D eigenvalue weighted by Gasteiger charge is -2.00. The Morgan fingerprint density at radius 3 is 2.88 bits per heavy atom. The standard InChI is InChI=1S/C11H12N2O3/c1-3-13-8(6-7(2)12-13)9-4-5-10(16-9)11(14)15/h4-6H,3H2,1-2H3,(H,14,15). The zero-order chi connectivity index (χ0) is 11.7. The predicted octanol–water partition coefficient (Wildman–Crippen LogP) is 2.17. The van der Waals surface area contributed by atoms with E-state index in [0.29, 0.717) is 12.3 Å². The average molecular weight is 220 g/mol. The minimum atomic E-state index is -1.06. The number of hydrogen-bond acceptors (Lipinski definition) is 3. The van der Waals surface area contributed by atoms with Crippen molar-refractivity contribution < 1.29 is 14.3 Å². The number of aromatic nitrogens is 2. The van der Waals surface area contributed by atoms with Gasteiger partial charge in [-0.3, -0.25) is 4.68 Å². The third-order valence-corrected chi connectivity index (χ3v) is 2.27. The minimum absolute atomic E-state index is 0.0588. The van der Waals surface area contributed by atoms with Gasteiger partial charge in [0.05, 0.1) is 5.69 Å². The lowest BCUT2D eigenvalue weighted by Crippen LogP contribution is -1.98. The third-order valence-electron chi connectivity index (χ3n) is 2.27. The molecule has 0 unspecified atom stereocenters. The number of hydrogen-bond donors (Lipinski definition) is 1. The van der Waals surface area contributed by atoms with Crippen LogP contribution in [0.4, 0.5) is 0 Å². The molecule has 0 aromatic carbocycles. The smallest absolute Gasteiger partial charge is 0.371 e. The fraction of sp³-hybridized carbons (Fsp3) is 0.273. The molecule has 0 fully saturated rings. The van der Waals surface area contributed by atoms with Crippen LogP contribution in [0.5, 0.6) is 0 Å². The molecule has 0 radical (unpaired) electrons. The first-order valence-corrected chi connectivity index (χ1v) is 4.99. The van der Waals surface area contributed by atoms with Crippen LogP contribution in [0.3, 0.4) is 0 Å². The van der Waals surface area contributed by atoms with Gasteiger partial charge < -0.3 is 9.52 Å². The van der Waals surface area contributed by atoms with Crippen molar-refractivity contribution in [1.29, 1.82) is 0 Å². The number of nitrogens with zero attached hydrogens (tertiary/aromatic N) is 2. The number of rotatable bonds is 3. The fourth-order valence-electron chi connectivity index (χ4n) is 1.58. The highest BCUT2D eigenvalue weighted by Crippen LogP contribution is 2.23. The van der Waals surface area contributed by atoms with Crippen LogP contribution >= 0.6 is 0 Å². The molecule has 2 aromatic heterocycles. The molecule has 0 spiro atoms. The Bertz CT molecular complexity index is 525. The molecule has 2 heterocycles. The Labute approximate surface area is 92.3 Å². The maximum Gasteiger partial charge on any atom is 0.371 e. The summed E-state index contributed by atoms with van der Waals surface area (Å²) >= 11 is 0. The molecule has 0 aliphatic carbocycles. The SMILES string of the molecule is CCn1nc(C)cc1-c1ccc(C(=O)O)o1. The topological polar surface area (TPSA) is 68.3 Å². The van der Waals surface area contributed by atoms with Gasteiger partial charge >= 0.3 is 5.97 Å². The quantitative estimate of drug-likeness (QED) is 0.860. The van der Waals surface area contributed by atoms with Gasteiger partial charge in [0.1, 0.15) is 5.69 Å². The highest BCUT2D eigenvalue weighted by atomic mass is 16.4.